The maximum Gasteiger partial charge on any atom is 0.326 e. The van der Waals surface area contributed by atoms with Crippen LogP contribution in [0.15, 0.2) is 30.3 Å². The first-order valence-corrected chi connectivity index (χ1v) is 22.6. The number of hydrogen-bond acceptors (Lipinski definition) is 12. The zero-order chi connectivity index (χ0) is 47.8. The highest BCUT2D eigenvalue weighted by Gasteiger charge is 2.40. The van der Waals surface area contributed by atoms with Gasteiger partial charge < -0.3 is 62.3 Å². The molecule has 0 bridgehead atoms. The molecule has 3 aliphatic heterocycles. The Hall–Kier alpha value is -5.67. The second-order valence-electron chi connectivity index (χ2n) is 17.4. The number of amides is 8. The highest BCUT2D eigenvalue weighted by Crippen LogP contribution is 2.21. The van der Waals surface area contributed by atoms with Gasteiger partial charge in [0.15, 0.2) is 0 Å². The SMILES string of the molecule is CC[C@H](C)[C@H](NC(=O)[C@@H]1CCCN1C(=O)CNC(=O)[C@@H]1CCCN1)C(=O)N[C@@H](CC(C)C)C(=O)N[C@@H](CO)C(=O)N[C@@H](CO)C(=O)N[C@@H](Cc1ccccc1)C(=O)N1CCC[C@H]1C(=O)O. The van der Waals surface area contributed by atoms with Gasteiger partial charge in [-0.25, -0.2) is 4.79 Å². The number of rotatable bonds is 23. The average molecular weight is 914 g/mol. The molecule has 3 saturated heterocycles. The molecule has 0 spiro atoms. The van der Waals surface area contributed by atoms with Crippen molar-refractivity contribution in [3.05, 3.63) is 35.9 Å². The van der Waals surface area contributed by atoms with Gasteiger partial charge in [0, 0.05) is 19.5 Å². The van der Waals surface area contributed by atoms with E-state index in [-0.39, 0.29) is 56.8 Å². The Morgan fingerprint density at radius 3 is 1.82 bits per heavy atom. The number of aliphatic hydroxyl groups excluding tert-OH is 2. The van der Waals surface area contributed by atoms with Crippen LogP contribution in [0.1, 0.15) is 84.6 Å². The first-order valence-electron chi connectivity index (χ1n) is 22.6. The lowest BCUT2D eigenvalue weighted by Crippen LogP contribution is -2.61. The molecule has 0 aromatic heterocycles. The fraction of sp³-hybridized carbons (Fsp3) is 0.659. The van der Waals surface area contributed by atoms with E-state index in [2.05, 4.69) is 37.2 Å². The van der Waals surface area contributed by atoms with Gasteiger partial charge in [0.05, 0.1) is 25.8 Å². The van der Waals surface area contributed by atoms with Crippen molar-refractivity contribution >= 4 is 53.2 Å². The van der Waals surface area contributed by atoms with Crippen molar-refractivity contribution in [1.82, 2.24) is 47.0 Å². The number of carbonyl (C=O) groups is 9. The molecule has 0 unspecified atom stereocenters. The van der Waals surface area contributed by atoms with Crippen molar-refractivity contribution < 1.29 is 58.5 Å². The minimum absolute atomic E-state index is 0.0294. The quantitative estimate of drug-likeness (QED) is 0.0552. The van der Waals surface area contributed by atoms with E-state index in [4.69, 9.17) is 0 Å². The van der Waals surface area contributed by atoms with Crippen molar-refractivity contribution in [3.8, 4) is 0 Å². The van der Waals surface area contributed by atoms with Crippen molar-refractivity contribution in [1.29, 1.82) is 0 Å². The summed E-state index contributed by atoms with van der Waals surface area (Å²) in [6.07, 6.45) is 3.56. The molecule has 3 heterocycles. The standard InChI is InChI=1S/C44H67N9O12/c1-5-26(4)36(51-41(61)33-15-10-18-52(33)35(56)22-46-37(57)28-14-9-17-45-28)42(62)47-29(20-25(2)3)38(58)49-32(24-55)40(60)50-31(23-54)39(59)48-30(21-27-12-7-6-8-13-27)43(63)53-19-11-16-34(53)44(64)65/h6-8,12-13,25-26,28-34,36,45,54-55H,5,9-11,14-24H2,1-4H3,(H,46,57)(H,47,62)(H,48,59)(H,49,58)(H,50,60)(H,51,61)(H,64,65)/t26-,28-,29-,30-,31-,32-,33-,34-,36-/m0/s1. The van der Waals surface area contributed by atoms with Gasteiger partial charge in [0.1, 0.15) is 42.3 Å². The molecule has 1 aromatic rings. The van der Waals surface area contributed by atoms with Gasteiger partial charge in [-0.05, 0) is 68.9 Å². The van der Waals surface area contributed by atoms with Crippen molar-refractivity contribution in [2.75, 3.05) is 39.4 Å². The zero-order valence-corrected chi connectivity index (χ0v) is 37.7. The minimum atomic E-state index is -1.67. The van der Waals surface area contributed by atoms with Gasteiger partial charge >= 0.3 is 5.97 Å². The molecule has 21 nitrogen and oxygen atoms in total. The predicted octanol–water partition coefficient (Wildman–Crippen LogP) is -2.34. The monoisotopic (exact) mass is 913 g/mol. The Bertz CT molecular complexity index is 1850. The van der Waals surface area contributed by atoms with Crippen LogP contribution in [0.25, 0.3) is 0 Å². The molecule has 10 N–H and O–H groups in total. The van der Waals surface area contributed by atoms with E-state index in [9.17, 15) is 58.5 Å². The smallest absolute Gasteiger partial charge is 0.326 e. The summed E-state index contributed by atoms with van der Waals surface area (Å²) >= 11 is 0. The minimum Gasteiger partial charge on any atom is -0.480 e. The molecule has 1 aromatic carbocycles. The molecule has 65 heavy (non-hydrogen) atoms. The molecule has 8 amide bonds. The Balaban J connectivity index is 1.40. The number of hydrogen-bond donors (Lipinski definition) is 10. The summed E-state index contributed by atoms with van der Waals surface area (Å²) in [5, 5.41) is 48.5. The third-order valence-electron chi connectivity index (χ3n) is 12.1. The Morgan fingerprint density at radius 1 is 0.692 bits per heavy atom. The molecule has 4 rings (SSSR count). The molecule has 0 saturated carbocycles. The average Bonchev–Trinajstić information content (AvgIpc) is 4.11. The number of carboxylic acid groups (broad SMARTS) is 1. The molecular weight excluding hydrogens is 847 g/mol. The van der Waals surface area contributed by atoms with Crippen molar-refractivity contribution in [2.24, 2.45) is 11.8 Å². The van der Waals surface area contributed by atoms with Crippen LogP contribution in [0.5, 0.6) is 0 Å². The molecule has 360 valence electrons. The lowest BCUT2D eigenvalue weighted by atomic mass is 9.96. The number of nitrogens with one attached hydrogen (secondary N) is 7. The van der Waals surface area contributed by atoms with E-state index >= 15 is 0 Å². The van der Waals surface area contributed by atoms with Crippen LogP contribution in [0.2, 0.25) is 0 Å². The van der Waals surface area contributed by atoms with Gasteiger partial charge in [0.25, 0.3) is 0 Å². The van der Waals surface area contributed by atoms with Gasteiger partial charge in [-0.2, -0.15) is 0 Å². The molecular formula is C44H67N9O12. The van der Waals surface area contributed by atoms with E-state index in [1.165, 1.54) is 9.80 Å². The normalized spacial score (nSPS) is 21.0. The summed E-state index contributed by atoms with van der Waals surface area (Å²) < 4.78 is 0. The van der Waals surface area contributed by atoms with Crippen LogP contribution in [0, 0.1) is 11.8 Å². The predicted molar refractivity (Wildman–Crippen MR) is 234 cm³/mol. The topological polar surface area (TPSA) is 305 Å². The highest BCUT2D eigenvalue weighted by atomic mass is 16.4. The fourth-order valence-electron chi connectivity index (χ4n) is 8.29. The summed E-state index contributed by atoms with van der Waals surface area (Å²) in [6.45, 7) is 6.11. The summed E-state index contributed by atoms with van der Waals surface area (Å²) in [5.41, 5.74) is 0.647. The first kappa shape index (κ1) is 52.0. The Kier molecular flexibility index (Phi) is 20.1. The van der Waals surface area contributed by atoms with E-state index in [0.717, 1.165) is 6.42 Å². The van der Waals surface area contributed by atoms with E-state index in [0.29, 0.717) is 44.2 Å². The maximum atomic E-state index is 13.9. The summed E-state index contributed by atoms with van der Waals surface area (Å²) in [4.78, 5) is 122. The summed E-state index contributed by atoms with van der Waals surface area (Å²) in [7, 11) is 0. The molecule has 0 radical (unpaired) electrons. The Labute approximate surface area is 378 Å². The third kappa shape index (κ3) is 14.7. The van der Waals surface area contributed by atoms with Gasteiger partial charge in [-0.15, -0.1) is 0 Å². The number of aliphatic carboxylic acids is 1. The molecule has 3 fully saturated rings. The largest absolute Gasteiger partial charge is 0.480 e. The first-order chi connectivity index (χ1) is 31.0. The van der Waals surface area contributed by atoms with Gasteiger partial charge in [-0.1, -0.05) is 64.4 Å². The summed E-state index contributed by atoms with van der Waals surface area (Å²) in [6, 6.07) is -0.725. The van der Waals surface area contributed by atoms with E-state index < -0.39 is 109 Å². The molecule has 3 aliphatic rings. The van der Waals surface area contributed by atoms with Crippen LogP contribution in [-0.4, -0.2) is 166 Å². The zero-order valence-electron chi connectivity index (χ0n) is 37.7. The third-order valence-corrected chi connectivity index (χ3v) is 12.1. The maximum absolute atomic E-state index is 13.9. The summed E-state index contributed by atoms with van der Waals surface area (Å²) in [5.74, 6) is -7.37. The van der Waals surface area contributed by atoms with Crippen LogP contribution >= 0.6 is 0 Å². The Morgan fingerprint density at radius 2 is 1.26 bits per heavy atom. The van der Waals surface area contributed by atoms with Crippen LogP contribution in [-0.2, 0) is 49.6 Å². The fourth-order valence-corrected chi connectivity index (χ4v) is 8.29. The number of nitrogens with zero attached hydrogens (tertiary/aromatic N) is 2. The van der Waals surface area contributed by atoms with Crippen molar-refractivity contribution in [3.63, 3.8) is 0 Å². The number of benzene rings is 1. The molecule has 0 aliphatic carbocycles. The van der Waals surface area contributed by atoms with Crippen LogP contribution in [0.4, 0.5) is 0 Å². The number of aliphatic hydroxyl groups is 2. The van der Waals surface area contributed by atoms with Gasteiger partial charge in [0.2, 0.25) is 47.3 Å². The number of carboxylic acids is 1. The lowest BCUT2D eigenvalue weighted by Gasteiger charge is -2.30. The van der Waals surface area contributed by atoms with Gasteiger partial charge in [-0.3, -0.25) is 38.4 Å². The second kappa shape index (κ2) is 25.1. The number of likely N-dealkylation sites (tertiary alicyclic amines) is 2. The molecule has 21 heteroatoms. The van der Waals surface area contributed by atoms with E-state index in [1.807, 2.05) is 6.92 Å². The highest BCUT2D eigenvalue weighted by molar-refractivity contribution is 5.98. The number of carbonyl (C=O) groups excluding carboxylic acids is 8. The van der Waals surface area contributed by atoms with Crippen molar-refractivity contribution in [2.45, 2.75) is 134 Å². The molecule has 9 atom stereocenters. The lowest BCUT2D eigenvalue weighted by molar-refractivity contribution is -0.149. The van der Waals surface area contributed by atoms with E-state index in [1.54, 1.807) is 51.1 Å². The van der Waals surface area contributed by atoms with Crippen LogP contribution < -0.4 is 37.2 Å². The van der Waals surface area contributed by atoms with Crippen LogP contribution in [0.3, 0.4) is 0 Å². The second-order valence-corrected chi connectivity index (χ2v) is 17.4.